The van der Waals surface area contributed by atoms with E-state index in [0.29, 0.717) is 15.9 Å². The van der Waals surface area contributed by atoms with E-state index in [9.17, 15) is 4.39 Å². The molecule has 0 fully saturated rings. The lowest BCUT2D eigenvalue weighted by molar-refractivity contribution is 0.628. The molecule has 0 bridgehead atoms. The summed E-state index contributed by atoms with van der Waals surface area (Å²) in [5.74, 6) is -0.241. The molecule has 0 spiro atoms. The number of rotatable bonds is 1. The molecular weight excluding hydrogens is 223 g/mol. The average Bonchev–Trinajstić information content (AvgIpc) is 2.15. The third-order valence-electron chi connectivity index (χ3n) is 2.38. The van der Waals surface area contributed by atoms with Gasteiger partial charge in [-0.2, -0.15) is 0 Å². The van der Waals surface area contributed by atoms with Crippen molar-refractivity contribution in [1.29, 1.82) is 0 Å². The molecule has 0 amide bonds. The minimum atomic E-state index is -0.241. The van der Waals surface area contributed by atoms with Gasteiger partial charge in [0, 0.05) is 5.56 Å². The third kappa shape index (κ3) is 2.02. The minimum absolute atomic E-state index is 0.241. The van der Waals surface area contributed by atoms with Gasteiger partial charge >= 0.3 is 0 Å². The monoisotopic (exact) mass is 234 g/mol. The number of nitrogens with one attached hydrogen (secondary N) is 1. The molecule has 0 radical (unpaired) electrons. The lowest BCUT2D eigenvalue weighted by Crippen LogP contribution is -1.93. The first-order chi connectivity index (χ1) is 7.58. The molecule has 2 rings (SSSR count). The Balaban J connectivity index is 2.69. The number of hydrogen-bond donors (Lipinski definition) is 1. The number of aryl methyl sites for hydroxylation is 2. The van der Waals surface area contributed by atoms with E-state index in [1.165, 1.54) is 12.4 Å². The fourth-order valence-electron chi connectivity index (χ4n) is 1.77. The van der Waals surface area contributed by atoms with E-state index < -0.39 is 0 Å². The topological polar surface area (TPSA) is 28.7 Å². The van der Waals surface area contributed by atoms with Crippen LogP contribution in [0.25, 0.3) is 11.3 Å². The summed E-state index contributed by atoms with van der Waals surface area (Å²) in [5, 5.41) is 0. The zero-order valence-electron chi connectivity index (χ0n) is 9.04. The number of aromatic amines is 1. The Labute approximate surface area is 98.2 Å². The van der Waals surface area contributed by atoms with E-state index in [0.717, 1.165) is 11.1 Å². The van der Waals surface area contributed by atoms with Crippen molar-refractivity contribution >= 4 is 12.2 Å². The van der Waals surface area contributed by atoms with Crippen LogP contribution in [0.5, 0.6) is 0 Å². The van der Waals surface area contributed by atoms with Crippen LogP contribution < -0.4 is 0 Å². The molecule has 0 saturated carbocycles. The van der Waals surface area contributed by atoms with Crippen molar-refractivity contribution in [2.75, 3.05) is 0 Å². The van der Waals surface area contributed by atoms with E-state index in [2.05, 4.69) is 9.97 Å². The zero-order chi connectivity index (χ0) is 11.7. The molecule has 82 valence electrons. The lowest BCUT2D eigenvalue weighted by Gasteiger charge is -2.08. The second kappa shape index (κ2) is 4.14. The number of aromatic nitrogens is 2. The van der Waals surface area contributed by atoms with Gasteiger partial charge in [-0.25, -0.2) is 9.37 Å². The highest BCUT2D eigenvalue weighted by atomic mass is 32.1. The standard InChI is InChI=1S/C12H11FN2S/c1-7-3-8(2)12(9(13)4-7)10-5-11(16)15-6-14-10/h3-6H,1-2H3,(H,14,15,16). The molecule has 1 aromatic carbocycles. The van der Waals surface area contributed by atoms with Crippen LogP contribution in [0.4, 0.5) is 4.39 Å². The number of hydrogen-bond acceptors (Lipinski definition) is 2. The van der Waals surface area contributed by atoms with E-state index >= 15 is 0 Å². The fraction of sp³-hybridized carbons (Fsp3) is 0.167. The Morgan fingerprint density at radius 2 is 2.00 bits per heavy atom. The fourth-order valence-corrected chi connectivity index (χ4v) is 1.94. The SMILES string of the molecule is Cc1cc(C)c(-c2cc(=S)nc[nH]2)c(F)c1. The van der Waals surface area contributed by atoms with Gasteiger partial charge in [0.25, 0.3) is 0 Å². The summed E-state index contributed by atoms with van der Waals surface area (Å²) in [6.07, 6.45) is 1.48. The highest BCUT2D eigenvalue weighted by molar-refractivity contribution is 7.71. The van der Waals surface area contributed by atoms with Crippen molar-refractivity contribution in [2.24, 2.45) is 0 Å². The Kier molecular flexibility index (Phi) is 2.83. The molecule has 0 aliphatic carbocycles. The summed E-state index contributed by atoms with van der Waals surface area (Å²) in [7, 11) is 0. The van der Waals surface area contributed by atoms with E-state index in [1.54, 1.807) is 6.07 Å². The molecule has 0 aliphatic heterocycles. The van der Waals surface area contributed by atoms with Crippen LogP contribution in [0, 0.1) is 24.3 Å². The summed E-state index contributed by atoms with van der Waals surface area (Å²) in [4.78, 5) is 6.79. The molecule has 16 heavy (non-hydrogen) atoms. The van der Waals surface area contributed by atoms with Crippen molar-refractivity contribution in [1.82, 2.24) is 9.97 Å². The molecule has 2 aromatic rings. The van der Waals surface area contributed by atoms with Crippen molar-refractivity contribution in [3.05, 3.63) is 46.1 Å². The van der Waals surface area contributed by atoms with Crippen molar-refractivity contribution < 1.29 is 4.39 Å². The first kappa shape index (κ1) is 11.0. The maximum Gasteiger partial charge on any atom is 0.133 e. The van der Waals surface area contributed by atoms with Gasteiger partial charge in [-0.05, 0) is 37.1 Å². The van der Waals surface area contributed by atoms with Crippen LogP contribution in [0.15, 0.2) is 24.5 Å². The maximum absolute atomic E-state index is 13.9. The smallest absolute Gasteiger partial charge is 0.133 e. The summed E-state index contributed by atoms with van der Waals surface area (Å²) < 4.78 is 14.3. The highest BCUT2D eigenvalue weighted by Gasteiger charge is 2.09. The van der Waals surface area contributed by atoms with Crippen LogP contribution in [0.2, 0.25) is 0 Å². The third-order valence-corrected chi connectivity index (χ3v) is 2.60. The lowest BCUT2D eigenvalue weighted by atomic mass is 10.0. The van der Waals surface area contributed by atoms with Gasteiger partial charge in [0.1, 0.15) is 10.5 Å². The summed E-state index contributed by atoms with van der Waals surface area (Å²) >= 11 is 4.96. The Hall–Kier alpha value is -1.55. The first-order valence-corrected chi connectivity index (χ1v) is 5.30. The maximum atomic E-state index is 13.9. The van der Waals surface area contributed by atoms with E-state index in [-0.39, 0.29) is 5.82 Å². The van der Waals surface area contributed by atoms with Gasteiger partial charge in [0.05, 0.1) is 12.0 Å². The molecule has 0 aliphatic rings. The largest absolute Gasteiger partial charge is 0.346 e. The Bertz CT molecular complexity index is 567. The number of H-pyrrole nitrogens is 1. The Morgan fingerprint density at radius 3 is 2.62 bits per heavy atom. The number of benzene rings is 1. The van der Waals surface area contributed by atoms with Crippen LogP contribution in [0.1, 0.15) is 11.1 Å². The average molecular weight is 234 g/mol. The van der Waals surface area contributed by atoms with Gasteiger partial charge < -0.3 is 4.98 Å². The molecule has 0 saturated heterocycles. The second-order valence-electron chi connectivity index (χ2n) is 3.74. The molecule has 0 atom stereocenters. The Morgan fingerprint density at radius 1 is 1.25 bits per heavy atom. The first-order valence-electron chi connectivity index (χ1n) is 4.90. The van der Waals surface area contributed by atoms with Gasteiger partial charge in [-0.1, -0.05) is 18.3 Å². The predicted octanol–water partition coefficient (Wildman–Crippen LogP) is 3.56. The van der Waals surface area contributed by atoms with Gasteiger partial charge in [-0.3, -0.25) is 0 Å². The van der Waals surface area contributed by atoms with Gasteiger partial charge in [-0.15, -0.1) is 0 Å². The molecule has 1 aromatic heterocycles. The van der Waals surface area contributed by atoms with Crippen LogP contribution in [-0.4, -0.2) is 9.97 Å². The number of nitrogens with zero attached hydrogens (tertiary/aromatic N) is 1. The van der Waals surface area contributed by atoms with Crippen molar-refractivity contribution in [3.63, 3.8) is 0 Å². The number of halogens is 1. The molecule has 2 nitrogen and oxygen atoms in total. The predicted molar refractivity (Wildman–Crippen MR) is 64.3 cm³/mol. The summed E-state index contributed by atoms with van der Waals surface area (Å²) in [5.41, 5.74) is 3.01. The van der Waals surface area contributed by atoms with Crippen molar-refractivity contribution in [3.8, 4) is 11.3 Å². The zero-order valence-corrected chi connectivity index (χ0v) is 9.86. The minimum Gasteiger partial charge on any atom is -0.346 e. The molecule has 1 heterocycles. The van der Waals surface area contributed by atoms with Crippen LogP contribution in [-0.2, 0) is 0 Å². The molecule has 4 heteroatoms. The van der Waals surface area contributed by atoms with Crippen LogP contribution >= 0.6 is 12.2 Å². The van der Waals surface area contributed by atoms with E-state index in [1.807, 2.05) is 19.9 Å². The molecule has 0 unspecified atom stereocenters. The summed E-state index contributed by atoms with van der Waals surface area (Å²) in [6.45, 7) is 3.75. The quantitative estimate of drug-likeness (QED) is 0.764. The molecule has 1 N–H and O–H groups in total. The van der Waals surface area contributed by atoms with Gasteiger partial charge in [0.2, 0.25) is 0 Å². The summed E-state index contributed by atoms with van der Waals surface area (Å²) in [6, 6.07) is 5.12. The highest BCUT2D eigenvalue weighted by Crippen LogP contribution is 2.25. The normalized spacial score (nSPS) is 10.4. The van der Waals surface area contributed by atoms with Gasteiger partial charge in [0.15, 0.2) is 0 Å². The van der Waals surface area contributed by atoms with E-state index in [4.69, 9.17) is 12.2 Å². The second-order valence-corrected chi connectivity index (χ2v) is 4.16. The van der Waals surface area contributed by atoms with Crippen LogP contribution in [0.3, 0.4) is 0 Å². The molecular formula is C12H11FN2S. The van der Waals surface area contributed by atoms with Crippen molar-refractivity contribution in [2.45, 2.75) is 13.8 Å².